The summed E-state index contributed by atoms with van der Waals surface area (Å²) in [7, 11) is 0. The van der Waals surface area contributed by atoms with Gasteiger partial charge in [-0.25, -0.2) is 0 Å². The van der Waals surface area contributed by atoms with E-state index in [1.165, 1.54) is 12.8 Å². The van der Waals surface area contributed by atoms with Crippen molar-refractivity contribution < 1.29 is 4.79 Å². The lowest BCUT2D eigenvalue weighted by Crippen LogP contribution is -2.44. The first-order valence-corrected chi connectivity index (χ1v) is 7.17. The quantitative estimate of drug-likeness (QED) is 0.865. The summed E-state index contributed by atoms with van der Waals surface area (Å²) < 4.78 is 0. The molecule has 0 aliphatic carbocycles. The van der Waals surface area contributed by atoms with E-state index < -0.39 is 0 Å². The molecule has 1 aromatic heterocycles. The molecule has 0 saturated carbocycles. The maximum absolute atomic E-state index is 12.1. The Balaban J connectivity index is 1.92. The van der Waals surface area contributed by atoms with E-state index in [1.54, 1.807) is 11.3 Å². The van der Waals surface area contributed by atoms with Gasteiger partial charge in [0.05, 0.1) is 5.56 Å². The molecule has 4 heteroatoms. The summed E-state index contributed by atoms with van der Waals surface area (Å²) >= 11 is 1.58. The van der Waals surface area contributed by atoms with Gasteiger partial charge in [-0.05, 0) is 56.6 Å². The van der Waals surface area contributed by atoms with Crippen LogP contribution in [0.1, 0.15) is 35.7 Å². The van der Waals surface area contributed by atoms with E-state index in [4.69, 9.17) is 0 Å². The van der Waals surface area contributed by atoms with Crippen LogP contribution in [0.25, 0.3) is 0 Å². The van der Waals surface area contributed by atoms with Gasteiger partial charge < -0.3 is 10.6 Å². The number of aryl methyl sites for hydroxylation is 1. The van der Waals surface area contributed by atoms with E-state index in [2.05, 4.69) is 17.6 Å². The summed E-state index contributed by atoms with van der Waals surface area (Å²) in [5.41, 5.74) is 1.90. The highest BCUT2D eigenvalue weighted by atomic mass is 32.1. The van der Waals surface area contributed by atoms with Gasteiger partial charge in [0.2, 0.25) is 0 Å². The van der Waals surface area contributed by atoms with Gasteiger partial charge in [0.1, 0.15) is 0 Å². The zero-order valence-electron chi connectivity index (χ0n) is 10.5. The largest absolute Gasteiger partial charge is 0.349 e. The first kappa shape index (κ1) is 12.6. The first-order valence-electron chi connectivity index (χ1n) is 6.23. The highest BCUT2D eigenvalue weighted by molar-refractivity contribution is 7.08. The number of carbonyl (C=O) groups is 1. The van der Waals surface area contributed by atoms with Gasteiger partial charge in [-0.1, -0.05) is 0 Å². The van der Waals surface area contributed by atoms with Gasteiger partial charge in [-0.3, -0.25) is 4.79 Å². The molecule has 3 nitrogen and oxygen atoms in total. The molecular weight excluding hydrogens is 232 g/mol. The Hall–Kier alpha value is -0.870. The number of rotatable bonds is 3. The van der Waals surface area contributed by atoms with Crippen molar-refractivity contribution in [1.29, 1.82) is 0 Å². The van der Waals surface area contributed by atoms with Crippen molar-refractivity contribution in [2.45, 2.75) is 32.7 Å². The second kappa shape index (κ2) is 5.65. The molecule has 94 valence electrons. The molecule has 0 spiro atoms. The molecule has 1 fully saturated rings. The highest BCUT2D eigenvalue weighted by Gasteiger charge is 2.22. The lowest BCUT2D eigenvalue weighted by atomic mass is 9.92. The number of piperidine rings is 1. The molecule has 1 aliphatic rings. The van der Waals surface area contributed by atoms with Crippen molar-refractivity contribution in [3.05, 3.63) is 21.9 Å². The number of hydrogen-bond donors (Lipinski definition) is 2. The van der Waals surface area contributed by atoms with Crippen molar-refractivity contribution >= 4 is 17.2 Å². The number of amides is 1. The third kappa shape index (κ3) is 3.07. The van der Waals surface area contributed by atoms with E-state index in [0.29, 0.717) is 5.92 Å². The Bertz CT molecular complexity index is 383. The van der Waals surface area contributed by atoms with E-state index in [-0.39, 0.29) is 11.9 Å². The highest BCUT2D eigenvalue weighted by Crippen LogP contribution is 2.17. The van der Waals surface area contributed by atoms with Gasteiger partial charge in [0.25, 0.3) is 5.91 Å². The predicted octanol–water partition coefficient (Wildman–Crippen LogP) is 2.17. The van der Waals surface area contributed by atoms with Crippen LogP contribution in [-0.2, 0) is 0 Å². The SMILES string of the molecule is Cc1cscc1C(=O)NC(C)C1CCCNC1. The van der Waals surface area contributed by atoms with Crippen LogP contribution in [0, 0.1) is 12.8 Å². The fraction of sp³-hybridized carbons (Fsp3) is 0.615. The Morgan fingerprint density at radius 1 is 1.59 bits per heavy atom. The molecule has 1 saturated heterocycles. The van der Waals surface area contributed by atoms with Gasteiger partial charge in [-0.15, -0.1) is 0 Å². The zero-order valence-corrected chi connectivity index (χ0v) is 11.3. The van der Waals surface area contributed by atoms with E-state index in [0.717, 1.165) is 24.2 Å². The van der Waals surface area contributed by atoms with Gasteiger partial charge >= 0.3 is 0 Å². The number of hydrogen-bond acceptors (Lipinski definition) is 3. The van der Waals surface area contributed by atoms with Gasteiger partial charge in [0, 0.05) is 11.4 Å². The second-order valence-electron chi connectivity index (χ2n) is 4.84. The third-order valence-corrected chi connectivity index (χ3v) is 4.36. The lowest BCUT2D eigenvalue weighted by molar-refractivity contribution is 0.0922. The molecule has 2 rings (SSSR count). The van der Waals surface area contributed by atoms with Crippen LogP contribution in [0.2, 0.25) is 0 Å². The fourth-order valence-corrected chi connectivity index (χ4v) is 3.13. The standard InChI is InChI=1S/C13H20N2OS/c1-9-7-17-8-12(9)13(16)15-10(2)11-4-3-5-14-6-11/h7-8,10-11,14H,3-6H2,1-2H3,(H,15,16). The minimum Gasteiger partial charge on any atom is -0.349 e. The minimum atomic E-state index is 0.0711. The van der Waals surface area contributed by atoms with E-state index >= 15 is 0 Å². The zero-order chi connectivity index (χ0) is 12.3. The smallest absolute Gasteiger partial charge is 0.252 e. The van der Waals surface area contributed by atoms with Gasteiger partial charge in [0.15, 0.2) is 0 Å². The van der Waals surface area contributed by atoms with E-state index in [1.807, 2.05) is 17.7 Å². The topological polar surface area (TPSA) is 41.1 Å². The second-order valence-corrected chi connectivity index (χ2v) is 5.58. The van der Waals surface area contributed by atoms with Crippen LogP contribution >= 0.6 is 11.3 Å². The van der Waals surface area contributed by atoms with Gasteiger partial charge in [-0.2, -0.15) is 11.3 Å². The average molecular weight is 252 g/mol. The first-order chi connectivity index (χ1) is 8.18. The van der Waals surface area contributed by atoms with Crippen LogP contribution < -0.4 is 10.6 Å². The van der Waals surface area contributed by atoms with Crippen molar-refractivity contribution in [2.75, 3.05) is 13.1 Å². The molecule has 2 atom stereocenters. The Labute approximate surface area is 107 Å². The van der Waals surface area contributed by atoms with E-state index in [9.17, 15) is 4.79 Å². The monoisotopic (exact) mass is 252 g/mol. The molecule has 0 aromatic carbocycles. The molecule has 1 amide bonds. The third-order valence-electron chi connectivity index (χ3n) is 3.50. The van der Waals surface area contributed by atoms with Crippen LogP contribution in [0.3, 0.4) is 0 Å². The predicted molar refractivity (Wildman–Crippen MR) is 71.6 cm³/mol. The summed E-state index contributed by atoms with van der Waals surface area (Å²) in [4.78, 5) is 12.1. The van der Waals surface area contributed by atoms with Crippen molar-refractivity contribution in [3.8, 4) is 0 Å². The number of thiophene rings is 1. The summed E-state index contributed by atoms with van der Waals surface area (Å²) in [5, 5.41) is 10.4. The Kier molecular flexibility index (Phi) is 4.18. The summed E-state index contributed by atoms with van der Waals surface area (Å²) in [6, 6.07) is 0.245. The molecule has 1 aromatic rings. The van der Waals surface area contributed by atoms with Crippen molar-refractivity contribution in [1.82, 2.24) is 10.6 Å². The number of carbonyl (C=O) groups excluding carboxylic acids is 1. The average Bonchev–Trinajstić information content (AvgIpc) is 2.76. The molecule has 1 aliphatic heterocycles. The van der Waals surface area contributed by atoms with Crippen molar-refractivity contribution in [3.63, 3.8) is 0 Å². The Morgan fingerprint density at radius 2 is 2.41 bits per heavy atom. The molecule has 2 unspecified atom stereocenters. The molecule has 17 heavy (non-hydrogen) atoms. The Morgan fingerprint density at radius 3 is 3.00 bits per heavy atom. The molecule has 2 heterocycles. The summed E-state index contributed by atoms with van der Waals surface area (Å²) in [6.07, 6.45) is 2.42. The molecule has 0 bridgehead atoms. The maximum Gasteiger partial charge on any atom is 0.252 e. The fourth-order valence-electron chi connectivity index (χ4n) is 2.30. The minimum absolute atomic E-state index is 0.0711. The van der Waals surface area contributed by atoms with Crippen LogP contribution in [0.4, 0.5) is 0 Å². The van der Waals surface area contributed by atoms with Crippen LogP contribution in [0.5, 0.6) is 0 Å². The summed E-state index contributed by atoms with van der Waals surface area (Å²) in [5.74, 6) is 0.633. The number of nitrogens with one attached hydrogen (secondary N) is 2. The molecule has 2 N–H and O–H groups in total. The van der Waals surface area contributed by atoms with Crippen LogP contribution in [0.15, 0.2) is 10.8 Å². The maximum atomic E-state index is 12.1. The molecular formula is C13H20N2OS. The summed E-state index contributed by atoms with van der Waals surface area (Å²) in [6.45, 7) is 6.22. The van der Waals surface area contributed by atoms with Crippen molar-refractivity contribution in [2.24, 2.45) is 5.92 Å². The molecule has 0 radical (unpaired) electrons. The van der Waals surface area contributed by atoms with Crippen LogP contribution in [-0.4, -0.2) is 25.0 Å². The normalized spacial score (nSPS) is 22.1. The lowest BCUT2D eigenvalue weighted by Gasteiger charge is -2.28.